The fourth-order valence-corrected chi connectivity index (χ4v) is 2.66. The summed E-state index contributed by atoms with van der Waals surface area (Å²) in [7, 11) is 1.90. The Labute approximate surface area is 124 Å². The molecule has 0 saturated carbocycles. The third-order valence-electron chi connectivity index (χ3n) is 3.56. The summed E-state index contributed by atoms with van der Waals surface area (Å²) in [6, 6.07) is 1.99. The van der Waals surface area contributed by atoms with Gasteiger partial charge in [-0.15, -0.1) is 0 Å². The number of pyridine rings is 1. The number of halogens is 1. The Morgan fingerprint density at radius 1 is 1.50 bits per heavy atom. The average Bonchev–Trinajstić information content (AvgIpc) is 2.70. The monoisotopic (exact) mass is 293 g/mol. The predicted molar refractivity (Wildman–Crippen MR) is 80.3 cm³/mol. The molecule has 0 aliphatic heterocycles. The van der Waals surface area contributed by atoms with Crippen LogP contribution in [0.25, 0.3) is 0 Å². The van der Waals surface area contributed by atoms with Gasteiger partial charge in [0.1, 0.15) is 0 Å². The lowest BCUT2D eigenvalue weighted by Crippen LogP contribution is -2.31. The first kappa shape index (κ1) is 15.0. The average molecular weight is 294 g/mol. The Kier molecular flexibility index (Phi) is 4.75. The van der Waals surface area contributed by atoms with Gasteiger partial charge >= 0.3 is 0 Å². The number of rotatable bonds is 5. The fraction of sp³-hybridized carbons (Fsp3) is 0.429. The highest BCUT2D eigenvalue weighted by Gasteiger charge is 2.19. The topological polar surface area (TPSA) is 68.8 Å². The second-order valence-corrected chi connectivity index (χ2v) is 5.20. The highest BCUT2D eigenvalue weighted by molar-refractivity contribution is 6.31. The van der Waals surface area contributed by atoms with Crippen molar-refractivity contribution in [2.45, 2.75) is 32.7 Å². The van der Waals surface area contributed by atoms with Crippen LogP contribution in [-0.4, -0.2) is 14.8 Å². The Morgan fingerprint density at radius 2 is 2.25 bits per heavy atom. The minimum Gasteiger partial charge on any atom is -0.271 e. The maximum atomic E-state index is 6.31. The van der Waals surface area contributed by atoms with E-state index in [0.717, 1.165) is 23.4 Å². The molecule has 0 spiro atoms. The molecule has 2 aromatic rings. The summed E-state index contributed by atoms with van der Waals surface area (Å²) in [5.74, 6) is 5.74. The number of nitrogens with two attached hydrogens (primary N) is 1. The van der Waals surface area contributed by atoms with Crippen molar-refractivity contribution >= 4 is 11.6 Å². The summed E-state index contributed by atoms with van der Waals surface area (Å²) < 4.78 is 1.81. The first-order valence-electron chi connectivity index (χ1n) is 6.65. The highest BCUT2D eigenvalue weighted by atomic mass is 35.5. The zero-order chi connectivity index (χ0) is 14.7. The van der Waals surface area contributed by atoms with E-state index in [1.54, 1.807) is 6.20 Å². The van der Waals surface area contributed by atoms with Crippen LogP contribution in [0.3, 0.4) is 0 Å². The van der Waals surface area contributed by atoms with E-state index in [4.69, 9.17) is 17.4 Å². The predicted octanol–water partition coefficient (Wildman–Crippen LogP) is 2.09. The summed E-state index contributed by atoms with van der Waals surface area (Å²) in [6.45, 7) is 4.01. The van der Waals surface area contributed by atoms with Crippen LogP contribution in [0.2, 0.25) is 5.02 Å². The first-order valence-corrected chi connectivity index (χ1v) is 7.03. The number of nitrogens with zero attached hydrogens (tertiary/aromatic N) is 3. The number of nitrogens with one attached hydrogen (secondary N) is 1. The van der Waals surface area contributed by atoms with Gasteiger partial charge in [0.2, 0.25) is 0 Å². The second-order valence-electron chi connectivity index (χ2n) is 4.82. The van der Waals surface area contributed by atoms with Crippen molar-refractivity contribution in [1.29, 1.82) is 0 Å². The van der Waals surface area contributed by atoms with Crippen molar-refractivity contribution in [3.8, 4) is 0 Å². The summed E-state index contributed by atoms with van der Waals surface area (Å²) in [5.41, 5.74) is 7.03. The lowest BCUT2D eigenvalue weighted by molar-refractivity contribution is 0.526. The van der Waals surface area contributed by atoms with E-state index < -0.39 is 0 Å². The largest absolute Gasteiger partial charge is 0.271 e. The second kappa shape index (κ2) is 6.35. The van der Waals surface area contributed by atoms with Gasteiger partial charge in [0.25, 0.3) is 0 Å². The summed E-state index contributed by atoms with van der Waals surface area (Å²) in [4.78, 5) is 4.17. The van der Waals surface area contributed by atoms with Crippen LogP contribution in [0.5, 0.6) is 0 Å². The highest BCUT2D eigenvalue weighted by Crippen LogP contribution is 2.26. The van der Waals surface area contributed by atoms with Crippen molar-refractivity contribution in [3.05, 3.63) is 46.0 Å². The standard InChI is InChI=1S/C14H20ClN5/c1-4-10-8-17-6-5-11(10)12(18-16)7-13-14(15)9(2)19-20(13)3/h5-6,8,12,18H,4,7,16H2,1-3H3. The van der Waals surface area contributed by atoms with Crippen molar-refractivity contribution in [2.75, 3.05) is 0 Å². The van der Waals surface area contributed by atoms with Gasteiger partial charge in [0.15, 0.2) is 0 Å². The zero-order valence-electron chi connectivity index (χ0n) is 12.0. The molecule has 0 amide bonds. The van der Waals surface area contributed by atoms with Gasteiger partial charge in [-0.25, -0.2) is 0 Å². The molecule has 2 heterocycles. The normalized spacial score (nSPS) is 12.7. The van der Waals surface area contributed by atoms with E-state index in [9.17, 15) is 0 Å². The summed E-state index contributed by atoms with van der Waals surface area (Å²) in [5, 5.41) is 5.05. The molecule has 1 unspecified atom stereocenters. The van der Waals surface area contributed by atoms with Crippen LogP contribution in [0.1, 0.15) is 35.5 Å². The molecular formula is C14H20ClN5. The van der Waals surface area contributed by atoms with Gasteiger partial charge in [-0.1, -0.05) is 18.5 Å². The quantitative estimate of drug-likeness (QED) is 0.654. The van der Waals surface area contributed by atoms with Crippen LogP contribution < -0.4 is 11.3 Å². The molecule has 0 aromatic carbocycles. The van der Waals surface area contributed by atoms with Crippen LogP contribution in [-0.2, 0) is 19.9 Å². The fourth-order valence-electron chi connectivity index (χ4n) is 2.43. The third-order valence-corrected chi connectivity index (χ3v) is 4.05. The van der Waals surface area contributed by atoms with Crippen LogP contribution in [0.15, 0.2) is 18.5 Å². The molecule has 0 aliphatic carbocycles. The number of hydrazine groups is 1. The van der Waals surface area contributed by atoms with E-state index in [0.29, 0.717) is 11.4 Å². The van der Waals surface area contributed by atoms with Gasteiger partial charge in [-0.3, -0.25) is 20.9 Å². The Hall–Kier alpha value is -1.43. The molecule has 5 nitrogen and oxygen atoms in total. The van der Waals surface area contributed by atoms with Gasteiger partial charge in [-0.05, 0) is 30.5 Å². The molecule has 0 bridgehead atoms. The third kappa shape index (κ3) is 2.85. The molecule has 108 valence electrons. The van der Waals surface area contributed by atoms with Gasteiger partial charge < -0.3 is 0 Å². The molecule has 20 heavy (non-hydrogen) atoms. The minimum atomic E-state index is -0.0137. The van der Waals surface area contributed by atoms with E-state index in [1.807, 2.05) is 30.9 Å². The SMILES string of the molecule is CCc1cnccc1C(Cc1c(Cl)c(C)nn1C)NN. The van der Waals surface area contributed by atoms with Gasteiger partial charge in [0.05, 0.1) is 22.5 Å². The van der Waals surface area contributed by atoms with Crippen LogP contribution >= 0.6 is 11.6 Å². The Bertz CT molecular complexity index is 593. The van der Waals surface area contributed by atoms with Crippen molar-refractivity contribution in [2.24, 2.45) is 12.9 Å². The van der Waals surface area contributed by atoms with E-state index in [2.05, 4.69) is 22.4 Å². The van der Waals surface area contributed by atoms with Crippen LogP contribution in [0, 0.1) is 6.92 Å². The van der Waals surface area contributed by atoms with E-state index >= 15 is 0 Å². The van der Waals surface area contributed by atoms with Crippen molar-refractivity contribution < 1.29 is 0 Å². The molecule has 2 aromatic heterocycles. The van der Waals surface area contributed by atoms with Crippen molar-refractivity contribution in [3.63, 3.8) is 0 Å². The molecule has 0 fully saturated rings. The molecule has 2 rings (SSSR count). The summed E-state index contributed by atoms with van der Waals surface area (Å²) >= 11 is 6.31. The number of hydrogen-bond acceptors (Lipinski definition) is 4. The van der Waals surface area contributed by atoms with E-state index in [-0.39, 0.29) is 6.04 Å². The molecule has 0 aliphatic rings. The zero-order valence-corrected chi connectivity index (χ0v) is 12.8. The van der Waals surface area contributed by atoms with Crippen molar-refractivity contribution in [1.82, 2.24) is 20.2 Å². The Balaban J connectivity index is 2.34. The minimum absolute atomic E-state index is 0.0137. The lowest BCUT2D eigenvalue weighted by atomic mass is 9.97. The van der Waals surface area contributed by atoms with Crippen LogP contribution in [0.4, 0.5) is 0 Å². The number of aryl methyl sites for hydroxylation is 3. The molecule has 0 radical (unpaired) electrons. The lowest BCUT2D eigenvalue weighted by Gasteiger charge is -2.19. The van der Waals surface area contributed by atoms with Gasteiger partial charge in [0, 0.05) is 25.9 Å². The molecular weight excluding hydrogens is 274 g/mol. The first-order chi connectivity index (χ1) is 9.58. The molecule has 3 N–H and O–H groups in total. The number of aromatic nitrogens is 3. The maximum Gasteiger partial charge on any atom is 0.0847 e. The summed E-state index contributed by atoms with van der Waals surface area (Å²) in [6.07, 6.45) is 5.27. The molecule has 1 atom stereocenters. The molecule has 0 saturated heterocycles. The molecule has 6 heteroatoms. The maximum absolute atomic E-state index is 6.31. The smallest absolute Gasteiger partial charge is 0.0847 e. The number of hydrogen-bond donors (Lipinski definition) is 2. The van der Waals surface area contributed by atoms with E-state index in [1.165, 1.54) is 5.56 Å². The Morgan fingerprint density at radius 3 is 2.80 bits per heavy atom. The van der Waals surface area contributed by atoms with Gasteiger partial charge in [-0.2, -0.15) is 5.10 Å².